The van der Waals surface area contributed by atoms with Crippen molar-refractivity contribution in [2.24, 2.45) is 5.92 Å². The molecule has 100 valence electrons. The molecule has 0 aliphatic carbocycles. The highest BCUT2D eigenvalue weighted by atomic mass is 19.1. The summed E-state index contributed by atoms with van der Waals surface area (Å²) in [6.45, 7) is 5.48. The molecule has 1 aromatic rings. The van der Waals surface area contributed by atoms with Crippen LogP contribution in [0.5, 0.6) is 0 Å². The molecule has 5 heteroatoms. The minimum absolute atomic E-state index is 0.0427. The molecular weight excluding hydrogens is 235 g/mol. The van der Waals surface area contributed by atoms with Gasteiger partial charge in [0.25, 0.3) is 5.91 Å². The second-order valence-corrected chi connectivity index (χ2v) is 4.46. The number of amides is 1. The summed E-state index contributed by atoms with van der Waals surface area (Å²) in [6, 6.07) is 3.91. The maximum Gasteiger partial charge on any atom is 0.254 e. The van der Waals surface area contributed by atoms with Crippen LogP contribution in [0.25, 0.3) is 0 Å². The molecule has 0 spiro atoms. The summed E-state index contributed by atoms with van der Waals surface area (Å²) in [7, 11) is 0. The molecule has 18 heavy (non-hydrogen) atoms. The van der Waals surface area contributed by atoms with Crippen molar-refractivity contribution in [2.45, 2.75) is 13.8 Å². The third kappa shape index (κ3) is 4.71. The van der Waals surface area contributed by atoms with Gasteiger partial charge in [0.15, 0.2) is 0 Å². The van der Waals surface area contributed by atoms with Crippen LogP contribution in [0.4, 0.5) is 10.1 Å². The van der Waals surface area contributed by atoms with Crippen molar-refractivity contribution in [1.29, 1.82) is 0 Å². The number of ether oxygens (including phenoxy) is 1. The smallest absolute Gasteiger partial charge is 0.254 e. The number of carbonyl (C=O) groups excluding carboxylic acids is 1. The van der Waals surface area contributed by atoms with Gasteiger partial charge in [-0.2, -0.15) is 0 Å². The zero-order valence-corrected chi connectivity index (χ0v) is 10.7. The van der Waals surface area contributed by atoms with Gasteiger partial charge in [0.05, 0.1) is 12.2 Å². The molecule has 0 atom stereocenters. The number of rotatable bonds is 6. The Morgan fingerprint density at radius 3 is 2.89 bits per heavy atom. The predicted octanol–water partition coefficient (Wildman–Crippen LogP) is 1.81. The molecule has 1 aromatic carbocycles. The summed E-state index contributed by atoms with van der Waals surface area (Å²) in [6.07, 6.45) is 0. The largest absolute Gasteiger partial charge is 0.399 e. The third-order valence-electron chi connectivity index (χ3n) is 2.22. The van der Waals surface area contributed by atoms with Crippen LogP contribution in [0.1, 0.15) is 24.2 Å². The molecule has 1 amide bonds. The van der Waals surface area contributed by atoms with E-state index in [0.29, 0.717) is 31.4 Å². The molecule has 0 bridgehead atoms. The minimum Gasteiger partial charge on any atom is -0.399 e. The van der Waals surface area contributed by atoms with Crippen LogP contribution in [0.15, 0.2) is 18.2 Å². The maximum absolute atomic E-state index is 13.4. The van der Waals surface area contributed by atoms with E-state index in [-0.39, 0.29) is 5.56 Å². The molecular formula is C13H19FN2O2. The number of halogens is 1. The molecule has 0 saturated heterocycles. The van der Waals surface area contributed by atoms with Gasteiger partial charge in [-0.1, -0.05) is 13.8 Å². The lowest BCUT2D eigenvalue weighted by Gasteiger charge is -2.09. The Hall–Kier alpha value is -1.62. The van der Waals surface area contributed by atoms with E-state index in [4.69, 9.17) is 10.5 Å². The van der Waals surface area contributed by atoms with Crippen LogP contribution >= 0.6 is 0 Å². The molecule has 0 saturated carbocycles. The first-order chi connectivity index (χ1) is 8.50. The molecule has 4 nitrogen and oxygen atoms in total. The van der Waals surface area contributed by atoms with E-state index in [0.717, 1.165) is 0 Å². The fraction of sp³-hybridized carbons (Fsp3) is 0.462. The van der Waals surface area contributed by atoms with Gasteiger partial charge in [0.1, 0.15) is 5.82 Å². The highest BCUT2D eigenvalue weighted by Crippen LogP contribution is 2.11. The first kappa shape index (κ1) is 14.4. The van der Waals surface area contributed by atoms with Gasteiger partial charge in [-0.15, -0.1) is 0 Å². The zero-order valence-electron chi connectivity index (χ0n) is 10.7. The van der Waals surface area contributed by atoms with Crippen LogP contribution in [-0.2, 0) is 4.74 Å². The van der Waals surface area contributed by atoms with Crippen LogP contribution in [0, 0.1) is 11.7 Å². The van der Waals surface area contributed by atoms with Crippen LogP contribution < -0.4 is 11.1 Å². The Kier molecular flexibility index (Phi) is 5.58. The zero-order chi connectivity index (χ0) is 13.5. The summed E-state index contributed by atoms with van der Waals surface area (Å²) in [5.41, 5.74) is 5.82. The normalized spacial score (nSPS) is 10.7. The predicted molar refractivity (Wildman–Crippen MR) is 68.8 cm³/mol. The maximum atomic E-state index is 13.4. The Morgan fingerprint density at radius 2 is 2.22 bits per heavy atom. The fourth-order valence-corrected chi connectivity index (χ4v) is 1.37. The first-order valence-corrected chi connectivity index (χ1v) is 5.91. The molecule has 0 unspecified atom stereocenters. The average molecular weight is 254 g/mol. The van der Waals surface area contributed by atoms with Gasteiger partial charge in [-0.25, -0.2) is 4.39 Å². The fourth-order valence-electron chi connectivity index (χ4n) is 1.37. The lowest BCUT2D eigenvalue weighted by Crippen LogP contribution is -2.28. The topological polar surface area (TPSA) is 64.3 Å². The highest BCUT2D eigenvalue weighted by Gasteiger charge is 2.11. The molecule has 0 aromatic heterocycles. The van der Waals surface area contributed by atoms with Gasteiger partial charge >= 0.3 is 0 Å². The van der Waals surface area contributed by atoms with E-state index in [2.05, 4.69) is 5.32 Å². The van der Waals surface area contributed by atoms with E-state index < -0.39 is 11.7 Å². The summed E-state index contributed by atoms with van der Waals surface area (Å²) in [5, 5.41) is 2.58. The number of carbonyl (C=O) groups is 1. The van der Waals surface area contributed by atoms with Gasteiger partial charge in [0, 0.05) is 18.8 Å². The Labute approximate surface area is 106 Å². The molecule has 1 rings (SSSR count). The molecule has 0 fully saturated rings. The van der Waals surface area contributed by atoms with Gasteiger partial charge in [-0.3, -0.25) is 4.79 Å². The quantitative estimate of drug-likeness (QED) is 0.601. The average Bonchev–Trinajstić information content (AvgIpc) is 2.31. The lowest BCUT2D eigenvalue weighted by atomic mass is 10.2. The Bertz CT molecular complexity index is 408. The lowest BCUT2D eigenvalue weighted by molar-refractivity contribution is 0.0883. The van der Waals surface area contributed by atoms with Crippen LogP contribution in [0.3, 0.4) is 0 Å². The van der Waals surface area contributed by atoms with Crippen molar-refractivity contribution in [3.63, 3.8) is 0 Å². The van der Waals surface area contributed by atoms with E-state index >= 15 is 0 Å². The first-order valence-electron chi connectivity index (χ1n) is 5.91. The van der Waals surface area contributed by atoms with Crippen molar-refractivity contribution in [3.8, 4) is 0 Å². The van der Waals surface area contributed by atoms with Crippen LogP contribution in [-0.4, -0.2) is 25.7 Å². The third-order valence-corrected chi connectivity index (χ3v) is 2.22. The standard InChI is InChI=1S/C13H19FN2O2/c1-9(2)8-18-6-5-16-13(17)11-7-10(15)3-4-12(11)14/h3-4,7,9H,5-6,8,15H2,1-2H3,(H,16,17). The second kappa shape index (κ2) is 6.96. The molecule has 0 heterocycles. The number of nitrogens with two attached hydrogens (primary N) is 1. The van der Waals surface area contributed by atoms with Crippen molar-refractivity contribution in [1.82, 2.24) is 5.32 Å². The van der Waals surface area contributed by atoms with Crippen molar-refractivity contribution in [3.05, 3.63) is 29.6 Å². The molecule has 3 N–H and O–H groups in total. The van der Waals surface area contributed by atoms with Gasteiger partial charge < -0.3 is 15.8 Å². The summed E-state index contributed by atoms with van der Waals surface area (Å²) >= 11 is 0. The number of hydrogen-bond donors (Lipinski definition) is 2. The highest BCUT2D eigenvalue weighted by molar-refractivity contribution is 5.95. The number of nitrogens with one attached hydrogen (secondary N) is 1. The Balaban J connectivity index is 2.39. The van der Waals surface area contributed by atoms with Crippen molar-refractivity contribution >= 4 is 11.6 Å². The van der Waals surface area contributed by atoms with E-state index in [1.54, 1.807) is 0 Å². The summed E-state index contributed by atoms with van der Waals surface area (Å²) < 4.78 is 18.7. The van der Waals surface area contributed by atoms with Gasteiger partial charge in [-0.05, 0) is 24.1 Å². The Morgan fingerprint density at radius 1 is 1.50 bits per heavy atom. The molecule has 0 radical (unpaired) electrons. The summed E-state index contributed by atoms with van der Waals surface area (Å²) in [4.78, 5) is 11.7. The number of nitrogen functional groups attached to an aromatic ring is 1. The number of hydrogen-bond acceptors (Lipinski definition) is 3. The van der Waals surface area contributed by atoms with Crippen molar-refractivity contribution in [2.75, 3.05) is 25.5 Å². The number of benzene rings is 1. The van der Waals surface area contributed by atoms with Gasteiger partial charge in [0.2, 0.25) is 0 Å². The second-order valence-electron chi connectivity index (χ2n) is 4.46. The van der Waals surface area contributed by atoms with Crippen LogP contribution in [0.2, 0.25) is 0 Å². The minimum atomic E-state index is -0.579. The SMILES string of the molecule is CC(C)COCCNC(=O)c1cc(N)ccc1F. The molecule has 0 aliphatic rings. The molecule has 0 aliphatic heterocycles. The van der Waals surface area contributed by atoms with E-state index in [1.165, 1.54) is 18.2 Å². The van der Waals surface area contributed by atoms with E-state index in [1.807, 2.05) is 13.8 Å². The summed E-state index contributed by atoms with van der Waals surface area (Å²) in [5.74, 6) is -0.607. The van der Waals surface area contributed by atoms with Crippen molar-refractivity contribution < 1.29 is 13.9 Å². The van der Waals surface area contributed by atoms with E-state index in [9.17, 15) is 9.18 Å². The monoisotopic (exact) mass is 254 g/mol. The number of anilines is 1.